The molecule has 0 unspecified atom stereocenters. The molecule has 0 radical (unpaired) electrons. The lowest BCUT2D eigenvalue weighted by Gasteiger charge is -2.35. The van der Waals surface area contributed by atoms with Gasteiger partial charge < -0.3 is 4.90 Å². The van der Waals surface area contributed by atoms with Gasteiger partial charge in [-0.15, -0.1) is 11.3 Å². The largest absolute Gasteiger partial charge is 0.301 e. The average Bonchev–Trinajstić information content (AvgIpc) is 2.84. The molecule has 0 aliphatic carbocycles. The van der Waals surface area contributed by atoms with Gasteiger partial charge in [-0.25, -0.2) is 0 Å². The maximum atomic E-state index is 12.0. The molecule has 0 bridgehead atoms. The van der Waals surface area contributed by atoms with Crippen LogP contribution in [0.2, 0.25) is 0 Å². The zero-order chi connectivity index (χ0) is 13.0. The fourth-order valence-electron chi connectivity index (χ4n) is 2.36. The average molecular weight is 266 g/mol. The van der Waals surface area contributed by atoms with E-state index in [1.165, 1.54) is 6.54 Å². The predicted molar refractivity (Wildman–Crippen MR) is 76.4 cm³/mol. The normalized spacial score (nSPS) is 18.4. The van der Waals surface area contributed by atoms with Gasteiger partial charge in [-0.3, -0.25) is 9.69 Å². The van der Waals surface area contributed by atoms with E-state index >= 15 is 0 Å². The molecule has 4 heteroatoms. The zero-order valence-corrected chi connectivity index (χ0v) is 12.1. The highest BCUT2D eigenvalue weighted by atomic mass is 32.1. The maximum Gasteiger partial charge on any atom is 0.186 e. The Balaban J connectivity index is 1.75. The van der Waals surface area contributed by atoms with Crippen LogP contribution in [-0.4, -0.2) is 54.9 Å². The summed E-state index contributed by atoms with van der Waals surface area (Å²) in [6.07, 6.45) is 0. The van der Waals surface area contributed by atoms with Crippen LogP contribution in [0.15, 0.2) is 17.5 Å². The summed E-state index contributed by atoms with van der Waals surface area (Å²) in [6, 6.07) is 3.86. The highest BCUT2D eigenvalue weighted by molar-refractivity contribution is 7.12. The van der Waals surface area contributed by atoms with Gasteiger partial charge in [0, 0.05) is 32.7 Å². The summed E-state index contributed by atoms with van der Waals surface area (Å²) in [7, 11) is 0. The summed E-state index contributed by atoms with van der Waals surface area (Å²) in [5.41, 5.74) is 0. The number of hydrogen-bond acceptors (Lipinski definition) is 4. The van der Waals surface area contributed by atoms with E-state index in [-0.39, 0.29) is 5.78 Å². The number of nitrogens with zero attached hydrogens (tertiary/aromatic N) is 2. The molecule has 1 aliphatic rings. The van der Waals surface area contributed by atoms with E-state index in [0.29, 0.717) is 6.54 Å². The van der Waals surface area contributed by atoms with Crippen LogP contribution >= 0.6 is 11.3 Å². The Morgan fingerprint density at radius 1 is 1.28 bits per heavy atom. The van der Waals surface area contributed by atoms with Crippen molar-refractivity contribution in [2.45, 2.75) is 13.8 Å². The third-order valence-corrected chi connectivity index (χ3v) is 4.16. The number of Topliss-reactive ketones (excluding diaryl/α,β-unsaturated/α-hetero) is 1. The van der Waals surface area contributed by atoms with Crippen LogP contribution in [0.25, 0.3) is 0 Å². The van der Waals surface area contributed by atoms with Gasteiger partial charge >= 0.3 is 0 Å². The summed E-state index contributed by atoms with van der Waals surface area (Å²) in [5.74, 6) is 0.992. The van der Waals surface area contributed by atoms with Crippen molar-refractivity contribution < 1.29 is 4.79 Å². The minimum atomic E-state index is 0.266. The molecule has 2 heterocycles. The molecular formula is C14H22N2OS. The molecular weight excluding hydrogens is 244 g/mol. The SMILES string of the molecule is CC(C)CN1CCN(CC(=O)c2cccs2)CC1. The molecule has 0 atom stereocenters. The second kappa shape index (κ2) is 6.45. The number of carbonyl (C=O) groups is 1. The second-order valence-electron chi connectivity index (χ2n) is 5.37. The first-order chi connectivity index (χ1) is 8.65. The van der Waals surface area contributed by atoms with E-state index in [2.05, 4.69) is 23.6 Å². The number of hydrogen-bond donors (Lipinski definition) is 0. The highest BCUT2D eigenvalue weighted by Crippen LogP contribution is 2.11. The Kier molecular flexibility index (Phi) is 4.92. The third kappa shape index (κ3) is 3.90. The van der Waals surface area contributed by atoms with Crippen LogP contribution in [0.5, 0.6) is 0 Å². The van der Waals surface area contributed by atoms with Gasteiger partial charge in [0.1, 0.15) is 0 Å². The first-order valence-corrected chi connectivity index (χ1v) is 7.54. The molecule has 0 saturated carbocycles. The topological polar surface area (TPSA) is 23.6 Å². The molecule has 1 aliphatic heterocycles. The lowest BCUT2D eigenvalue weighted by Crippen LogP contribution is -2.48. The Bertz CT molecular complexity index is 367. The molecule has 1 aromatic rings. The quantitative estimate of drug-likeness (QED) is 0.763. The summed E-state index contributed by atoms with van der Waals surface area (Å²) in [4.78, 5) is 17.7. The van der Waals surface area contributed by atoms with Crippen LogP contribution in [0.1, 0.15) is 23.5 Å². The molecule has 0 spiro atoms. The smallest absolute Gasteiger partial charge is 0.186 e. The highest BCUT2D eigenvalue weighted by Gasteiger charge is 2.20. The van der Waals surface area contributed by atoms with Crippen molar-refractivity contribution in [2.24, 2.45) is 5.92 Å². The number of ketones is 1. The Morgan fingerprint density at radius 2 is 1.94 bits per heavy atom. The van der Waals surface area contributed by atoms with Gasteiger partial charge in [0.15, 0.2) is 5.78 Å². The van der Waals surface area contributed by atoms with Gasteiger partial charge in [0.05, 0.1) is 11.4 Å². The van der Waals surface area contributed by atoms with Gasteiger partial charge in [-0.1, -0.05) is 19.9 Å². The monoisotopic (exact) mass is 266 g/mol. The van der Waals surface area contributed by atoms with E-state index < -0.39 is 0 Å². The summed E-state index contributed by atoms with van der Waals surface area (Å²) >= 11 is 1.54. The van der Waals surface area contributed by atoms with E-state index in [9.17, 15) is 4.79 Å². The van der Waals surface area contributed by atoms with E-state index in [0.717, 1.165) is 37.0 Å². The molecule has 0 aromatic carbocycles. The molecule has 2 rings (SSSR count). The molecule has 100 valence electrons. The molecule has 1 saturated heterocycles. The fourth-order valence-corrected chi connectivity index (χ4v) is 3.02. The predicted octanol–water partition coefficient (Wildman–Crippen LogP) is 2.20. The third-order valence-electron chi connectivity index (χ3n) is 3.25. The molecule has 1 fully saturated rings. The van der Waals surface area contributed by atoms with Crippen molar-refractivity contribution in [2.75, 3.05) is 39.3 Å². The van der Waals surface area contributed by atoms with Gasteiger partial charge in [-0.05, 0) is 17.4 Å². The first kappa shape index (κ1) is 13.7. The Morgan fingerprint density at radius 3 is 2.50 bits per heavy atom. The van der Waals surface area contributed by atoms with Crippen molar-refractivity contribution in [3.8, 4) is 0 Å². The number of piperazine rings is 1. The van der Waals surface area contributed by atoms with Crippen molar-refractivity contribution in [1.82, 2.24) is 9.80 Å². The first-order valence-electron chi connectivity index (χ1n) is 6.66. The Labute approximate surface area is 113 Å². The second-order valence-corrected chi connectivity index (χ2v) is 6.32. The van der Waals surface area contributed by atoms with Crippen LogP contribution in [-0.2, 0) is 0 Å². The van der Waals surface area contributed by atoms with Crippen LogP contribution in [0.3, 0.4) is 0 Å². The van der Waals surface area contributed by atoms with Gasteiger partial charge in [0.25, 0.3) is 0 Å². The summed E-state index contributed by atoms with van der Waals surface area (Å²) < 4.78 is 0. The van der Waals surface area contributed by atoms with Gasteiger partial charge in [0.2, 0.25) is 0 Å². The van der Waals surface area contributed by atoms with Crippen molar-refractivity contribution >= 4 is 17.1 Å². The van der Waals surface area contributed by atoms with Crippen molar-refractivity contribution in [3.63, 3.8) is 0 Å². The summed E-state index contributed by atoms with van der Waals surface area (Å²) in [5, 5.41) is 1.97. The van der Waals surface area contributed by atoms with Crippen molar-refractivity contribution in [1.29, 1.82) is 0 Å². The molecule has 18 heavy (non-hydrogen) atoms. The minimum Gasteiger partial charge on any atom is -0.301 e. The zero-order valence-electron chi connectivity index (χ0n) is 11.3. The number of thiophene rings is 1. The van der Waals surface area contributed by atoms with Gasteiger partial charge in [-0.2, -0.15) is 0 Å². The van der Waals surface area contributed by atoms with E-state index in [4.69, 9.17) is 0 Å². The lowest BCUT2D eigenvalue weighted by atomic mass is 10.2. The summed E-state index contributed by atoms with van der Waals surface area (Å²) in [6.45, 7) is 10.5. The molecule has 0 amide bonds. The van der Waals surface area contributed by atoms with Crippen molar-refractivity contribution in [3.05, 3.63) is 22.4 Å². The fraction of sp³-hybridized carbons (Fsp3) is 0.643. The number of rotatable bonds is 5. The van der Waals surface area contributed by atoms with Crippen LogP contribution in [0.4, 0.5) is 0 Å². The van der Waals surface area contributed by atoms with Crippen LogP contribution < -0.4 is 0 Å². The lowest BCUT2D eigenvalue weighted by molar-refractivity contribution is 0.0841. The van der Waals surface area contributed by atoms with Crippen LogP contribution in [0, 0.1) is 5.92 Å². The van der Waals surface area contributed by atoms with E-state index in [1.807, 2.05) is 17.5 Å². The molecule has 0 N–H and O–H groups in total. The molecule has 1 aromatic heterocycles. The Hall–Kier alpha value is -0.710. The number of carbonyl (C=O) groups excluding carboxylic acids is 1. The molecule has 3 nitrogen and oxygen atoms in total. The minimum absolute atomic E-state index is 0.266. The standard InChI is InChI=1S/C14H22N2OS/c1-12(2)10-15-5-7-16(8-6-15)11-13(17)14-4-3-9-18-14/h3-4,9,12H,5-8,10-11H2,1-2H3. The van der Waals surface area contributed by atoms with E-state index in [1.54, 1.807) is 11.3 Å². The maximum absolute atomic E-state index is 12.0.